The number of nitrogens with one attached hydrogen (secondary N) is 1. The van der Waals surface area contributed by atoms with Crippen LogP contribution >= 0.6 is 15.9 Å². The molecule has 1 N–H and O–H groups in total. The molecular formula is C18H19BrN2O3. The molecule has 0 saturated heterocycles. The van der Waals surface area contributed by atoms with Crippen LogP contribution in [0.25, 0.3) is 0 Å². The fraction of sp³-hybridized carbons (Fsp3) is 0.222. The van der Waals surface area contributed by atoms with Crippen molar-refractivity contribution < 1.29 is 14.3 Å². The van der Waals surface area contributed by atoms with Gasteiger partial charge < -0.3 is 9.47 Å². The van der Waals surface area contributed by atoms with Crippen LogP contribution in [-0.4, -0.2) is 25.3 Å². The number of halogens is 1. The summed E-state index contributed by atoms with van der Waals surface area (Å²) < 4.78 is 12.0. The van der Waals surface area contributed by atoms with Gasteiger partial charge in [0.15, 0.2) is 11.5 Å². The lowest BCUT2D eigenvalue weighted by Crippen LogP contribution is -2.17. The smallest absolute Gasteiger partial charge is 0.271 e. The zero-order valence-corrected chi connectivity index (χ0v) is 15.2. The molecule has 0 saturated carbocycles. The van der Waals surface area contributed by atoms with Gasteiger partial charge in [-0.2, -0.15) is 5.10 Å². The first kappa shape index (κ1) is 18.0. The van der Waals surface area contributed by atoms with Crippen LogP contribution in [0.4, 0.5) is 0 Å². The summed E-state index contributed by atoms with van der Waals surface area (Å²) in [4.78, 5) is 11.9. The summed E-state index contributed by atoms with van der Waals surface area (Å²) in [6.07, 6.45) is 1.56. The number of carbonyl (C=O) groups is 1. The van der Waals surface area contributed by atoms with Gasteiger partial charge in [0.25, 0.3) is 5.91 Å². The first-order valence-electron chi connectivity index (χ1n) is 7.63. The summed E-state index contributed by atoms with van der Waals surface area (Å²) in [7, 11) is 0. The van der Waals surface area contributed by atoms with E-state index in [1.807, 2.05) is 32.0 Å². The molecule has 1 amide bonds. The topological polar surface area (TPSA) is 59.9 Å². The minimum atomic E-state index is -0.262. The SMILES string of the molecule is CCOc1cc(/C=N\NC(=O)c2ccccc2)cc(Br)c1OCC. The molecule has 0 unspecified atom stereocenters. The van der Waals surface area contributed by atoms with E-state index in [1.54, 1.807) is 30.5 Å². The number of amides is 1. The molecule has 0 heterocycles. The molecular weight excluding hydrogens is 372 g/mol. The van der Waals surface area contributed by atoms with E-state index in [-0.39, 0.29) is 5.91 Å². The van der Waals surface area contributed by atoms with Gasteiger partial charge in [0.1, 0.15) is 0 Å². The number of hydrazone groups is 1. The highest BCUT2D eigenvalue weighted by molar-refractivity contribution is 9.10. The molecule has 0 aliphatic rings. The largest absolute Gasteiger partial charge is 0.490 e. The van der Waals surface area contributed by atoms with Gasteiger partial charge in [-0.05, 0) is 59.6 Å². The number of benzene rings is 2. The molecule has 2 aromatic carbocycles. The predicted octanol–water partition coefficient (Wildman–Crippen LogP) is 4.01. The van der Waals surface area contributed by atoms with Crippen molar-refractivity contribution in [1.82, 2.24) is 5.43 Å². The van der Waals surface area contributed by atoms with E-state index < -0.39 is 0 Å². The van der Waals surface area contributed by atoms with Crippen molar-refractivity contribution in [3.05, 3.63) is 58.1 Å². The van der Waals surface area contributed by atoms with Gasteiger partial charge in [0.2, 0.25) is 0 Å². The van der Waals surface area contributed by atoms with Gasteiger partial charge in [-0.25, -0.2) is 5.43 Å². The highest BCUT2D eigenvalue weighted by Gasteiger charge is 2.11. The minimum absolute atomic E-state index is 0.262. The molecule has 0 bridgehead atoms. The molecule has 0 aromatic heterocycles. The monoisotopic (exact) mass is 390 g/mol. The number of rotatable bonds is 7. The highest BCUT2D eigenvalue weighted by Crippen LogP contribution is 2.36. The second-order valence-corrected chi connectivity index (χ2v) is 5.62. The van der Waals surface area contributed by atoms with Gasteiger partial charge in [-0.15, -0.1) is 0 Å². The standard InChI is InChI=1S/C18H19BrN2O3/c1-3-23-16-11-13(10-15(19)17(16)24-4-2)12-20-21-18(22)14-8-6-5-7-9-14/h5-12H,3-4H2,1-2H3,(H,21,22)/b20-12-. The first-order chi connectivity index (χ1) is 11.7. The van der Waals surface area contributed by atoms with Crippen LogP contribution in [0.1, 0.15) is 29.8 Å². The van der Waals surface area contributed by atoms with E-state index in [2.05, 4.69) is 26.5 Å². The lowest BCUT2D eigenvalue weighted by molar-refractivity contribution is 0.0955. The Morgan fingerprint density at radius 2 is 1.88 bits per heavy atom. The zero-order valence-electron chi connectivity index (χ0n) is 13.6. The van der Waals surface area contributed by atoms with Crippen LogP contribution < -0.4 is 14.9 Å². The number of hydrogen-bond donors (Lipinski definition) is 1. The molecule has 0 atom stereocenters. The number of nitrogens with zero attached hydrogens (tertiary/aromatic N) is 1. The van der Waals surface area contributed by atoms with E-state index >= 15 is 0 Å². The van der Waals surface area contributed by atoms with E-state index in [4.69, 9.17) is 9.47 Å². The molecule has 6 heteroatoms. The molecule has 24 heavy (non-hydrogen) atoms. The Kier molecular flexibility index (Phi) is 6.81. The first-order valence-corrected chi connectivity index (χ1v) is 8.42. The Labute approximate surface area is 149 Å². The Morgan fingerprint density at radius 1 is 1.17 bits per heavy atom. The van der Waals surface area contributed by atoms with Gasteiger partial charge in [0.05, 0.1) is 23.9 Å². The van der Waals surface area contributed by atoms with Gasteiger partial charge in [-0.1, -0.05) is 18.2 Å². The lowest BCUT2D eigenvalue weighted by Gasteiger charge is -2.13. The molecule has 0 fully saturated rings. The van der Waals surface area contributed by atoms with Crippen LogP contribution in [0, 0.1) is 0 Å². The van der Waals surface area contributed by atoms with Crippen molar-refractivity contribution in [3.63, 3.8) is 0 Å². The maximum absolute atomic E-state index is 11.9. The van der Waals surface area contributed by atoms with E-state index in [0.717, 1.165) is 10.0 Å². The zero-order chi connectivity index (χ0) is 17.4. The molecule has 0 spiro atoms. The van der Waals surface area contributed by atoms with Crippen LogP contribution in [0.3, 0.4) is 0 Å². The maximum Gasteiger partial charge on any atom is 0.271 e. The Balaban J connectivity index is 2.12. The summed E-state index contributed by atoms with van der Waals surface area (Å²) in [5, 5.41) is 3.99. The third-order valence-electron chi connectivity index (χ3n) is 3.04. The van der Waals surface area contributed by atoms with Gasteiger partial charge in [-0.3, -0.25) is 4.79 Å². The van der Waals surface area contributed by atoms with Gasteiger partial charge >= 0.3 is 0 Å². The van der Waals surface area contributed by atoms with E-state index in [9.17, 15) is 4.79 Å². The summed E-state index contributed by atoms with van der Waals surface area (Å²) in [5.74, 6) is 1.02. The van der Waals surface area contributed by atoms with Crippen molar-refractivity contribution in [2.24, 2.45) is 5.10 Å². The van der Waals surface area contributed by atoms with Crippen LogP contribution in [-0.2, 0) is 0 Å². The van der Waals surface area contributed by atoms with E-state index in [1.165, 1.54) is 0 Å². The van der Waals surface area contributed by atoms with Crippen molar-refractivity contribution in [3.8, 4) is 11.5 Å². The molecule has 0 aliphatic heterocycles. The quantitative estimate of drug-likeness (QED) is 0.573. The second kappa shape index (κ2) is 9.08. The van der Waals surface area contributed by atoms with Crippen molar-refractivity contribution in [2.75, 3.05) is 13.2 Å². The summed E-state index contributed by atoms with van der Waals surface area (Å²) in [5.41, 5.74) is 3.83. The molecule has 126 valence electrons. The normalized spacial score (nSPS) is 10.6. The third-order valence-corrected chi connectivity index (χ3v) is 3.63. The maximum atomic E-state index is 11.9. The molecule has 0 aliphatic carbocycles. The Morgan fingerprint density at radius 3 is 2.54 bits per heavy atom. The minimum Gasteiger partial charge on any atom is -0.490 e. The number of hydrogen-bond acceptors (Lipinski definition) is 4. The fourth-order valence-corrected chi connectivity index (χ4v) is 2.60. The van der Waals surface area contributed by atoms with Gasteiger partial charge in [0, 0.05) is 5.56 Å². The van der Waals surface area contributed by atoms with Crippen molar-refractivity contribution >= 4 is 28.1 Å². The summed E-state index contributed by atoms with van der Waals surface area (Å²) in [6, 6.07) is 12.6. The molecule has 2 rings (SSSR count). The van der Waals surface area contributed by atoms with Crippen LogP contribution in [0.5, 0.6) is 11.5 Å². The van der Waals surface area contributed by atoms with E-state index in [0.29, 0.717) is 30.3 Å². The van der Waals surface area contributed by atoms with Crippen LogP contribution in [0.2, 0.25) is 0 Å². The summed E-state index contributed by atoms with van der Waals surface area (Å²) in [6.45, 7) is 4.89. The average molecular weight is 391 g/mol. The highest BCUT2D eigenvalue weighted by atomic mass is 79.9. The third kappa shape index (κ3) is 4.83. The lowest BCUT2D eigenvalue weighted by atomic mass is 10.2. The fourth-order valence-electron chi connectivity index (χ4n) is 2.03. The summed E-state index contributed by atoms with van der Waals surface area (Å²) >= 11 is 3.47. The van der Waals surface area contributed by atoms with Crippen molar-refractivity contribution in [1.29, 1.82) is 0 Å². The Hall–Kier alpha value is -2.34. The number of carbonyl (C=O) groups excluding carboxylic acids is 1. The Bertz CT molecular complexity index is 718. The number of ether oxygens (including phenoxy) is 2. The van der Waals surface area contributed by atoms with Crippen LogP contribution in [0.15, 0.2) is 52.0 Å². The average Bonchev–Trinajstić information content (AvgIpc) is 2.59. The molecule has 0 radical (unpaired) electrons. The van der Waals surface area contributed by atoms with Crippen molar-refractivity contribution in [2.45, 2.75) is 13.8 Å². The predicted molar refractivity (Wildman–Crippen MR) is 98.0 cm³/mol. The second-order valence-electron chi connectivity index (χ2n) is 4.76. The molecule has 5 nitrogen and oxygen atoms in total. The molecule has 2 aromatic rings.